The van der Waals surface area contributed by atoms with Gasteiger partial charge >= 0.3 is 0 Å². The number of amides is 1. The molecule has 9 heteroatoms. The molecule has 3 aromatic rings. The molecule has 0 spiro atoms. The van der Waals surface area contributed by atoms with Crippen LogP contribution in [0.25, 0.3) is 11.3 Å². The summed E-state index contributed by atoms with van der Waals surface area (Å²) in [6.07, 6.45) is 0.0519. The molecule has 0 bridgehead atoms. The first-order chi connectivity index (χ1) is 12.1. The van der Waals surface area contributed by atoms with Crippen LogP contribution >= 0.6 is 11.3 Å². The van der Waals surface area contributed by atoms with E-state index >= 15 is 0 Å². The van der Waals surface area contributed by atoms with Gasteiger partial charge in [0.25, 0.3) is 0 Å². The molecule has 2 heterocycles. The third kappa shape index (κ3) is 4.00. The van der Waals surface area contributed by atoms with Crippen molar-refractivity contribution in [2.45, 2.75) is 26.3 Å². The number of nitrogens with one attached hydrogen (secondary N) is 1. The lowest BCUT2D eigenvalue weighted by atomic mass is 10.1. The molecule has 0 unspecified atom stereocenters. The largest absolute Gasteiger partial charge is 0.496 e. The van der Waals surface area contributed by atoms with Crippen LogP contribution < -0.4 is 10.1 Å². The number of anilines is 1. The van der Waals surface area contributed by atoms with Gasteiger partial charge in [0.15, 0.2) is 11.0 Å². The van der Waals surface area contributed by atoms with Crippen molar-refractivity contribution < 1.29 is 9.53 Å². The van der Waals surface area contributed by atoms with Crippen LogP contribution in [0.4, 0.5) is 5.13 Å². The van der Waals surface area contributed by atoms with Crippen LogP contribution in [0.1, 0.15) is 25.7 Å². The molecule has 0 radical (unpaired) electrons. The molecule has 1 amide bonds. The van der Waals surface area contributed by atoms with Gasteiger partial charge < -0.3 is 10.1 Å². The Balaban J connectivity index is 1.67. The number of aromatic nitrogens is 5. The molecule has 0 aliphatic rings. The highest BCUT2D eigenvalue weighted by Gasteiger charge is 2.14. The van der Waals surface area contributed by atoms with Gasteiger partial charge in [0.2, 0.25) is 5.91 Å². The van der Waals surface area contributed by atoms with E-state index in [9.17, 15) is 4.79 Å². The minimum atomic E-state index is -0.232. The van der Waals surface area contributed by atoms with Gasteiger partial charge in [-0.2, -0.15) is 4.80 Å². The summed E-state index contributed by atoms with van der Waals surface area (Å²) in [7, 11) is 1.62. The molecule has 0 saturated heterocycles. The number of tetrazole rings is 1. The summed E-state index contributed by atoms with van der Waals surface area (Å²) < 4.78 is 5.34. The number of carbonyl (C=O) groups excluding carboxylic acids is 1. The monoisotopic (exact) mass is 358 g/mol. The number of ether oxygens (including phenoxy) is 1. The highest BCUT2D eigenvalue weighted by molar-refractivity contribution is 7.14. The van der Waals surface area contributed by atoms with Crippen LogP contribution in [0.2, 0.25) is 0 Å². The van der Waals surface area contributed by atoms with Crippen molar-refractivity contribution >= 4 is 22.4 Å². The van der Waals surface area contributed by atoms with E-state index in [2.05, 4.69) is 25.7 Å². The third-order valence-corrected chi connectivity index (χ3v) is 4.14. The van der Waals surface area contributed by atoms with Crippen LogP contribution in [0, 0.1) is 0 Å². The Morgan fingerprint density at radius 2 is 2.16 bits per heavy atom. The van der Waals surface area contributed by atoms with Gasteiger partial charge in [-0.1, -0.05) is 12.1 Å². The van der Waals surface area contributed by atoms with Crippen LogP contribution in [0.15, 0.2) is 29.6 Å². The maximum Gasteiger partial charge on any atom is 0.233 e. The minimum Gasteiger partial charge on any atom is -0.496 e. The van der Waals surface area contributed by atoms with Crippen molar-refractivity contribution in [1.82, 2.24) is 25.2 Å². The summed E-state index contributed by atoms with van der Waals surface area (Å²) in [4.78, 5) is 18.1. The molecule has 0 saturated carbocycles. The quantitative estimate of drug-likeness (QED) is 0.728. The molecule has 0 aliphatic carbocycles. The second kappa shape index (κ2) is 7.39. The second-order valence-electron chi connectivity index (χ2n) is 5.58. The van der Waals surface area contributed by atoms with Crippen molar-refractivity contribution in [3.05, 3.63) is 35.5 Å². The first-order valence-corrected chi connectivity index (χ1v) is 8.62. The predicted octanol–water partition coefficient (Wildman–Crippen LogP) is 2.57. The molecule has 2 aromatic heterocycles. The fourth-order valence-electron chi connectivity index (χ4n) is 2.16. The van der Waals surface area contributed by atoms with Gasteiger partial charge in [-0.25, -0.2) is 4.98 Å². The van der Waals surface area contributed by atoms with Crippen LogP contribution in [0.3, 0.4) is 0 Å². The Hall–Kier alpha value is -2.81. The zero-order chi connectivity index (χ0) is 17.8. The van der Waals surface area contributed by atoms with Gasteiger partial charge in [-0.15, -0.1) is 21.5 Å². The molecular weight excluding hydrogens is 340 g/mol. The Morgan fingerprint density at radius 1 is 1.36 bits per heavy atom. The summed E-state index contributed by atoms with van der Waals surface area (Å²) in [5.41, 5.74) is 1.63. The maximum absolute atomic E-state index is 12.1. The predicted molar refractivity (Wildman–Crippen MR) is 94.6 cm³/mol. The molecule has 130 valence electrons. The fraction of sp³-hybridized carbons (Fsp3) is 0.312. The van der Waals surface area contributed by atoms with Gasteiger partial charge in [0.1, 0.15) is 5.75 Å². The van der Waals surface area contributed by atoms with Gasteiger partial charge in [-0.3, -0.25) is 4.79 Å². The van der Waals surface area contributed by atoms with E-state index in [4.69, 9.17) is 4.74 Å². The van der Waals surface area contributed by atoms with Crippen molar-refractivity contribution in [1.29, 1.82) is 0 Å². The highest BCUT2D eigenvalue weighted by atomic mass is 32.1. The third-order valence-electron chi connectivity index (χ3n) is 3.38. The minimum absolute atomic E-state index is 0.0519. The Labute approximate surface area is 148 Å². The van der Waals surface area contributed by atoms with Gasteiger partial charge in [-0.05, 0) is 31.2 Å². The van der Waals surface area contributed by atoms with E-state index < -0.39 is 0 Å². The maximum atomic E-state index is 12.1. The lowest BCUT2D eigenvalue weighted by molar-refractivity contribution is -0.115. The lowest BCUT2D eigenvalue weighted by Crippen LogP contribution is -2.15. The zero-order valence-corrected chi connectivity index (χ0v) is 14.9. The summed E-state index contributed by atoms with van der Waals surface area (Å²) in [6, 6.07) is 7.71. The number of nitrogens with zero attached hydrogens (tertiary/aromatic N) is 5. The first kappa shape index (κ1) is 17.0. The Kier molecular flexibility index (Phi) is 5.03. The van der Waals surface area contributed by atoms with E-state index in [0.29, 0.717) is 11.0 Å². The van der Waals surface area contributed by atoms with E-state index in [1.54, 1.807) is 7.11 Å². The summed E-state index contributed by atoms with van der Waals surface area (Å²) in [6.45, 7) is 3.89. The number of para-hydroxylation sites is 1. The number of thiazole rings is 1. The molecule has 1 N–H and O–H groups in total. The van der Waals surface area contributed by atoms with Crippen LogP contribution in [-0.4, -0.2) is 38.2 Å². The molecule has 8 nitrogen and oxygen atoms in total. The lowest BCUT2D eigenvalue weighted by Gasteiger charge is -2.05. The summed E-state index contributed by atoms with van der Waals surface area (Å²) in [5, 5.41) is 17.1. The second-order valence-corrected chi connectivity index (χ2v) is 6.44. The average Bonchev–Trinajstić information content (AvgIpc) is 3.24. The Bertz CT molecular complexity index is 873. The van der Waals surface area contributed by atoms with Crippen LogP contribution in [-0.2, 0) is 11.2 Å². The van der Waals surface area contributed by atoms with E-state index in [1.807, 2.05) is 43.5 Å². The number of benzene rings is 1. The van der Waals surface area contributed by atoms with Crippen molar-refractivity contribution in [3.63, 3.8) is 0 Å². The zero-order valence-electron chi connectivity index (χ0n) is 14.1. The number of rotatable bonds is 6. The molecule has 25 heavy (non-hydrogen) atoms. The molecule has 0 aliphatic heterocycles. The standard InChI is InChI=1S/C16H18N6O2S/c1-10(2)22-20-14(19-21-22)8-15(23)18-16-17-12(9-25-16)11-6-4-5-7-13(11)24-3/h4-7,9-10H,8H2,1-3H3,(H,17,18,23). The van der Waals surface area contributed by atoms with Gasteiger partial charge in [0.05, 0.1) is 25.3 Å². The average molecular weight is 358 g/mol. The Morgan fingerprint density at radius 3 is 2.88 bits per heavy atom. The van der Waals surface area contributed by atoms with Crippen molar-refractivity contribution in [2.75, 3.05) is 12.4 Å². The molecule has 0 fully saturated rings. The van der Waals surface area contributed by atoms with Crippen LogP contribution in [0.5, 0.6) is 5.75 Å². The number of carbonyl (C=O) groups is 1. The number of hydrogen-bond donors (Lipinski definition) is 1. The smallest absolute Gasteiger partial charge is 0.233 e. The topological polar surface area (TPSA) is 94.8 Å². The van der Waals surface area contributed by atoms with E-state index in [1.165, 1.54) is 16.1 Å². The van der Waals surface area contributed by atoms with E-state index in [0.717, 1.165) is 17.0 Å². The highest BCUT2D eigenvalue weighted by Crippen LogP contribution is 2.31. The molecule has 1 aromatic carbocycles. The van der Waals surface area contributed by atoms with Crippen molar-refractivity contribution in [2.24, 2.45) is 0 Å². The first-order valence-electron chi connectivity index (χ1n) is 7.74. The van der Waals surface area contributed by atoms with E-state index in [-0.39, 0.29) is 18.4 Å². The number of hydrogen-bond acceptors (Lipinski definition) is 7. The fourth-order valence-corrected chi connectivity index (χ4v) is 2.89. The molecule has 0 atom stereocenters. The molecular formula is C16H18N6O2S. The van der Waals surface area contributed by atoms with Gasteiger partial charge in [0, 0.05) is 10.9 Å². The van der Waals surface area contributed by atoms with Crippen molar-refractivity contribution in [3.8, 4) is 17.0 Å². The molecule has 3 rings (SSSR count). The normalized spacial score (nSPS) is 10.9. The SMILES string of the molecule is COc1ccccc1-c1csc(NC(=O)Cc2nnn(C(C)C)n2)n1. The summed E-state index contributed by atoms with van der Waals surface area (Å²) in [5.74, 6) is 0.886. The summed E-state index contributed by atoms with van der Waals surface area (Å²) >= 11 is 1.35. The number of methoxy groups -OCH3 is 1.